The Morgan fingerprint density at radius 3 is 2.56 bits per heavy atom. The van der Waals surface area contributed by atoms with Crippen molar-refractivity contribution >= 4 is 5.78 Å². The van der Waals surface area contributed by atoms with E-state index >= 15 is 0 Å². The van der Waals surface area contributed by atoms with Gasteiger partial charge in [-0.15, -0.1) is 0 Å². The van der Waals surface area contributed by atoms with Crippen molar-refractivity contribution in [1.29, 1.82) is 0 Å². The number of imidazole rings is 1. The minimum absolute atomic E-state index is 0.0554. The van der Waals surface area contributed by atoms with Gasteiger partial charge in [0.15, 0.2) is 5.78 Å². The maximum atomic E-state index is 11.7. The van der Waals surface area contributed by atoms with Gasteiger partial charge in [-0.05, 0) is 17.5 Å². The van der Waals surface area contributed by atoms with Crippen LogP contribution in [-0.2, 0) is 24.4 Å². The van der Waals surface area contributed by atoms with Crippen LogP contribution in [0.5, 0.6) is 0 Å². The molecule has 4 nitrogen and oxygen atoms in total. The van der Waals surface area contributed by atoms with Crippen LogP contribution in [0.1, 0.15) is 17.5 Å². The van der Waals surface area contributed by atoms with Gasteiger partial charge < -0.3 is 9.67 Å². The van der Waals surface area contributed by atoms with E-state index in [0.717, 1.165) is 17.5 Å². The third-order valence-corrected chi connectivity index (χ3v) is 2.82. The number of aromatic nitrogens is 2. The molecule has 0 aliphatic carbocycles. The molecule has 1 heterocycles. The molecule has 0 saturated carbocycles. The smallest absolute Gasteiger partial charge is 0.152 e. The zero-order chi connectivity index (χ0) is 12.8. The summed E-state index contributed by atoms with van der Waals surface area (Å²) in [5, 5.41) is 8.93. The lowest BCUT2D eigenvalue weighted by Gasteiger charge is -2.03. The van der Waals surface area contributed by atoms with Crippen molar-refractivity contribution in [2.45, 2.75) is 26.0 Å². The summed E-state index contributed by atoms with van der Waals surface area (Å²) in [6.45, 7) is 0.439. The normalized spacial score (nSPS) is 10.5. The minimum Gasteiger partial charge on any atom is -0.392 e. The number of ketones is 1. The fraction of sp³-hybridized carbons (Fsp3) is 0.286. The highest BCUT2D eigenvalue weighted by Gasteiger charge is 2.03. The largest absolute Gasteiger partial charge is 0.392 e. The van der Waals surface area contributed by atoms with Gasteiger partial charge in [0.25, 0.3) is 0 Å². The van der Waals surface area contributed by atoms with Crippen molar-refractivity contribution in [3.05, 3.63) is 54.1 Å². The van der Waals surface area contributed by atoms with Crippen molar-refractivity contribution in [1.82, 2.24) is 9.55 Å². The first-order valence-corrected chi connectivity index (χ1v) is 5.94. The molecule has 0 radical (unpaired) electrons. The second-order valence-electron chi connectivity index (χ2n) is 4.25. The Kier molecular flexibility index (Phi) is 4.25. The van der Waals surface area contributed by atoms with Gasteiger partial charge in [0.2, 0.25) is 0 Å². The van der Waals surface area contributed by atoms with E-state index in [2.05, 4.69) is 4.98 Å². The van der Waals surface area contributed by atoms with E-state index in [4.69, 9.17) is 5.11 Å². The lowest BCUT2D eigenvalue weighted by atomic mass is 10.1. The molecule has 0 bridgehead atoms. The Morgan fingerprint density at radius 1 is 1.22 bits per heavy atom. The zero-order valence-electron chi connectivity index (χ0n) is 10.1. The van der Waals surface area contributed by atoms with Crippen molar-refractivity contribution in [3.8, 4) is 0 Å². The third-order valence-electron chi connectivity index (χ3n) is 2.82. The summed E-state index contributed by atoms with van der Waals surface area (Å²) in [7, 11) is 0. The second-order valence-corrected chi connectivity index (χ2v) is 4.25. The molecule has 0 spiro atoms. The van der Waals surface area contributed by atoms with Crippen LogP contribution in [0, 0.1) is 0 Å². The number of benzene rings is 1. The number of carbonyl (C=O) groups is 1. The number of aliphatic hydroxyl groups excluding tert-OH is 1. The predicted octanol–water partition coefficient (Wildman–Crippen LogP) is 1.58. The number of hydrogen-bond acceptors (Lipinski definition) is 3. The standard InChI is InChI=1S/C14H16N2O2/c17-10-13-3-1-12(2-4-13)5-6-14(18)9-16-8-7-15-11-16/h1-4,7-8,11,17H,5-6,9-10H2. The molecule has 2 rings (SSSR count). The molecule has 1 N–H and O–H groups in total. The molecule has 0 aliphatic rings. The van der Waals surface area contributed by atoms with Crippen molar-refractivity contribution in [2.75, 3.05) is 0 Å². The quantitative estimate of drug-likeness (QED) is 0.839. The van der Waals surface area contributed by atoms with Crippen LogP contribution >= 0.6 is 0 Å². The Bertz CT molecular complexity index is 489. The maximum Gasteiger partial charge on any atom is 0.152 e. The number of rotatable bonds is 6. The summed E-state index contributed by atoms with van der Waals surface area (Å²) in [5.74, 6) is 0.194. The molecule has 0 unspecified atom stereocenters. The molecule has 0 saturated heterocycles. The number of aliphatic hydroxyl groups is 1. The summed E-state index contributed by atoms with van der Waals surface area (Å²) in [6, 6.07) is 7.68. The summed E-state index contributed by atoms with van der Waals surface area (Å²) >= 11 is 0. The van der Waals surface area contributed by atoms with E-state index in [1.54, 1.807) is 23.3 Å². The van der Waals surface area contributed by atoms with Crippen LogP contribution in [0.2, 0.25) is 0 Å². The Morgan fingerprint density at radius 2 is 1.94 bits per heavy atom. The monoisotopic (exact) mass is 244 g/mol. The van der Waals surface area contributed by atoms with E-state index in [1.165, 1.54) is 0 Å². The van der Waals surface area contributed by atoms with Crippen LogP contribution in [0.3, 0.4) is 0 Å². The average Bonchev–Trinajstić information content (AvgIpc) is 2.90. The molecule has 0 fully saturated rings. The number of aryl methyl sites for hydroxylation is 1. The topological polar surface area (TPSA) is 55.1 Å². The fourth-order valence-electron chi connectivity index (χ4n) is 1.76. The number of nitrogens with zero attached hydrogens (tertiary/aromatic N) is 2. The van der Waals surface area contributed by atoms with Gasteiger partial charge in [0.05, 0.1) is 19.5 Å². The van der Waals surface area contributed by atoms with Gasteiger partial charge in [0, 0.05) is 18.8 Å². The van der Waals surface area contributed by atoms with Crippen molar-refractivity contribution in [2.24, 2.45) is 0 Å². The first kappa shape index (κ1) is 12.5. The maximum absolute atomic E-state index is 11.7. The Balaban J connectivity index is 1.81. The highest BCUT2D eigenvalue weighted by atomic mass is 16.3. The average molecular weight is 244 g/mol. The minimum atomic E-state index is 0.0554. The number of carbonyl (C=O) groups excluding carboxylic acids is 1. The second kappa shape index (κ2) is 6.12. The van der Waals surface area contributed by atoms with Gasteiger partial charge in [0.1, 0.15) is 0 Å². The predicted molar refractivity (Wildman–Crippen MR) is 67.9 cm³/mol. The van der Waals surface area contributed by atoms with Crippen LogP contribution in [0.15, 0.2) is 43.0 Å². The van der Waals surface area contributed by atoms with Crippen LogP contribution in [-0.4, -0.2) is 20.4 Å². The molecule has 2 aromatic rings. The lowest BCUT2D eigenvalue weighted by Crippen LogP contribution is -2.09. The van der Waals surface area contributed by atoms with E-state index < -0.39 is 0 Å². The highest BCUT2D eigenvalue weighted by molar-refractivity contribution is 5.78. The van der Waals surface area contributed by atoms with Gasteiger partial charge in [-0.2, -0.15) is 0 Å². The Labute approximate surface area is 106 Å². The van der Waals surface area contributed by atoms with E-state index in [9.17, 15) is 4.79 Å². The molecular formula is C14H16N2O2. The molecule has 1 aromatic heterocycles. The molecule has 0 aliphatic heterocycles. The SMILES string of the molecule is O=C(CCc1ccc(CO)cc1)Cn1ccnc1. The van der Waals surface area contributed by atoms with Gasteiger partial charge >= 0.3 is 0 Å². The zero-order valence-corrected chi connectivity index (χ0v) is 10.1. The molecule has 0 atom stereocenters. The summed E-state index contributed by atoms with van der Waals surface area (Å²) in [4.78, 5) is 15.6. The summed E-state index contributed by atoms with van der Waals surface area (Å²) < 4.78 is 1.77. The number of Topliss-reactive ketones (excluding diaryl/α,β-unsaturated/α-hetero) is 1. The van der Waals surface area contributed by atoms with E-state index in [-0.39, 0.29) is 12.4 Å². The molecule has 1 aromatic carbocycles. The highest BCUT2D eigenvalue weighted by Crippen LogP contribution is 2.07. The lowest BCUT2D eigenvalue weighted by molar-refractivity contribution is -0.119. The van der Waals surface area contributed by atoms with Gasteiger partial charge in [-0.1, -0.05) is 24.3 Å². The fourth-order valence-corrected chi connectivity index (χ4v) is 1.76. The van der Waals surface area contributed by atoms with Crippen molar-refractivity contribution in [3.63, 3.8) is 0 Å². The Hall–Kier alpha value is -1.94. The summed E-state index contributed by atoms with van der Waals surface area (Å²) in [6.07, 6.45) is 6.36. The number of hydrogen-bond donors (Lipinski definition) is 1. The van der Waals surface area contributed by atoms with E-state index in [1.807, 2.05) is 24.3 Å². The van der Waals surface area contributed by atoms with Crippen LogP contribution in [0.25, 0.3) is 0 Å². The van der Waals surface area contributed by atoms with E-state index in [0.29, 0.717) is 13.0 Å². The summed E-state index contributed by atoms with van der Waals surface area (Å²) in [5.41, 5.74) is 2.01. The molecular weight excluding hydrogens is 228 g/mol. The first-order valence-electron chi connectivity index (χ1n) is 5.94. The first-order chi connectivity index (χ1) is 8.78. The molecule has 18 heavy (non-hydrogen) atoms. The van der Waals surface area contributed by atoms with Crippen molar-refractivity contribution < 1.29 is 9.90 Å². The third kappa shape index (κ3) is 3.53. The van der Waals surface area contributed by atoms with Gasteiger partial charge in [-0.3, -0.25) is 4.79 Å². The molecule has 4 heteroatoms. The molecule has 0 amide bonds. The van der Waals surface area contributed by atoms with Crippen LogP contribution in [0.4, 0.5) is 0 Å². The van der Waals surface area contributed by atoms with Crippen LogP contribution < -0.4 is 0 Å². The van der Waals surface area contributed by atoms with Gasteiger partial charge in [-0.25, -0.2) is 4.98 Å². The molecule has 94 valence electrons.